The monoisotopic (exact) mass is 320 g/mol. The van der Waals surface area contributed by atoms with Crippen LogP contribution in [0.2, 0.25) is 0 Å². The number of alkyl halides is 3. The highest BCUT2D eigenvalue weighted by molar-refractivity contribution is 5.72. The molecule has 0 saturated heterocycles. The molecule has 22 heavy (non-hydrogen) atoms. The molecule has 0 aromatic rings. The molecule has 2 saturated carbocycles. The minimum Gasteiger partial charge on any atom is -0.373 e. The van der Waals surface area contributed by atoms with E-state index in [1.807, 2.05) is 0 Å². The Labute approximate surface area is 130 Å². The zero-order valence-corrected chi connectivity index (χ0v) is 13.3. The van der Waals surface area contributed by atoms with Crippen molar-refractivity contribution in [3.8, 4) is 0 Å². The van der Waals surface area contributed by atoms with E-state index in [1.54, 1.807) is 0 Å². The van der Waals surface area contributed by atoms with Crippen LogP contribution < -0.4 is 0 Å². The Bertz CT molecular complexity index is 351. The SMILES string of the molecule is CCCC1CCC(C2CCC(C(=O)OC(F)(F)F)CC2)CC1. The Morgan fingerprint density at radius 3 is 1.91 bits per heavy atom. The summed E-state index contributed by atoms with van der Waals surface area (Å²) in [7, 11) is 0. The first-order valence-corrected chi connectivity index (χ1v) is 8.68. The molecule has 0 aromatic heterocycles. The molecule has 2 fully saturated rings. The van der Waals surface area contributed by atoms with Crippen LogP contribution in [0.1, 0.15) is 71.1 Å². The number of carbonyl (C=O) groups is 1. The second-order valence-corrected chi connectivity index (χ2v) is 7.05. The summed E-state index contributed by atoms with van der Waals surface area (Å²) < 4.78 is 39.8. The van der Waals surface area contributed by atoms with E-state index in [4.69, 9.17) is 0 Å². The molecule has 0 atom stereocenters. The van der Waals surface area contributed by atoms with Gasteiger partial charge in [-0.2, -0.15) is 0 Å². The van der Waals surface area contributed by atoms with E-state index in [0.29, 0.717) is 24.7 Å². The van der Waals surface area contributed by atoms with Gasteiger partial charge in [0.25, 0.3) is 0 Å². The number of ether oxygens (including phenoxy) is 1. The van der Waals surface area contributed by atoms with Crippen LogP contribution in [-0.2, 0) is 9.53 Å². The maximum Gasteiger partial charge on any atom is 0.575 e. The molecule has 128 valence electrons. The third-order valence-electron chi connectivity index (χ3n) is 5.58. The average molecular weight is 320 g/mol. The first-order valence-electron chi connectivity index (χ1n) is 8.68. The fourth-order valence-electron chi connectivity index (χ4n) is 4.38. The fraction of sp³-hybridized carbons (Fsp3) is 0.941. The van der Waals surface area contributed by atoms with E-state index >= 15 is 0 Å². The van der Waals surface area contributed by atoms with Gasteiger partial charge in [0.15, 0.2) is 0 Å². The zero-order chi connectivity index (χ0) is 16.2. The van der Waals surface area contributed by atoms with E-state index in [1.165, 1.54) is 38.5 Å². The maximum absolute atomic E-state index is 12.1. The minimum atomic E-state index is -4.84. The van der Waals surface area contributed by atoms with E-state index in [9.17, 15) is 18.0 Å². The van der Waals surface area contributed by atoms with Gasteiger partial charge in [0.05, 0.1) is 5.92 Å². The predicted octanol–water partition coefficient (Wildman–Crippen LogP) is 5.46. The lowest BCUT2D eigenvalue weighted by atomic mass is 9.69. The van der Waals surface area contributed by atoms with Crippen molar-refractivity contribution in [2.45, 2.75) is 77.5 Å². The lowest BCUT2D eigenvalue weighted by molar-refractivity contribution is -0.308. The summed E-state index contributed by atoms with van der Waals surface area (Å²) in [5.74, 6) is 0.538. The van der Waals surface area contributed by atoms with Gasteiger partial charge in [-0.25, -0.2) is 0 Å². The molecule has 0 heterocycles. The summed E-state index contributed by atoms with van der Waals surface area (Å²) in [6, 6.07) is 0. The number of halogens is 3. The van der Waals surface area contributed by atoms with E-state index in [0.717, 1.165) is 18.8 Å². The van der Waals surface area contributed by atoms with Crippen LogP contribution in [-0.4, -0.2) is 12.3 Å². The third-order valence-corrected chi connectivity index (χ3v) is 5.58. The Hall–Kier alpha value is -0.740. The Kier molecular flexibility index (Phi) is 6.16. The van der Waals surface area contributed by atoms with Crippen LogP contribution in [0, 0.1) is 23.7 Å². The molecule has 0 aromatic carbocycles. The summed E-state index contributed by atoms with van der Waals surface area (Å²) >= 11 is 0. The van der Waals surface area contributed by atoms with Crippen LogP contribution in [0.3, 0.4) is 0 Å². The van der Waals surface area contributed by atoms with Crippen molar-refractivity contribution in [3.05, 3.63) is 0 Å². The van der Waals surface area contributed by atoms with Gasteiger partial charge in [0, 0.05) is 0 Å². The van der Waals surface area contributed by atoms with Crippen LogP contribution in [0.25, 0.3) is 0 Å². The molecule has 5 heteroatoms. The Morgan fingerprint density at radius 2 is 1.45 bits per heavy atom. The quantitative estimate of drug-likeness (QED) is 0.643. The average Bonchev–Trinajstić information content (AvgIpc) is 2.47. The first-order chi connectivity index (χ1) is 10.4. The van der Waals surface area contributed by atoms with Gasteiger partial charge in [-0.05, 0) is 56.3 Å². The maximum atomic E-state index is 12.1. The molecule has 0 unspecified atom stereocenters. The normalized spacial score (nSPS) is 33.5. The van der Waals surface area contributed by atoms with Crippen molar-refractivity contribution >= 4 is 5.97 Å². The largest absolute Gasteiger partial charge is 0.575 e. The first kappa shape index (κ1) is 17.6. The molecule has 2 nitrogen and oxygen atoms in total. The van der Waals surface area contributed by atoms with E-state index in [2.05, 4.69) is 11.7 Å². The topological polar surface area (TPSA) is 26.3 Å². The lowest BCUT2D eigenvalue weighted by Gasteiger charge is -2.37. The van der Waals surface area contributed by atoms with Crippen LogP contribution in [0.5, 0.6) is 0 Å². The second-order valence-electron chi connectivity index (χ2n) is 7.05. The van der Waals surface area contributed by atoms with E-state index < -0.39 is 18.2 Å². The highest BCUT2D eigenvalue weighted by atomic mass is 19.4. The number of carbonyl (C=O) groups excluding carboxylic acids is 1. The van der Waals surface area contributed by atoms with Gasteiger partial charge in [-0.1, -0.05) is 32.6 Å². The summed E-state index contributed by atoms with van der Waals surface area (Å²) in [6.07, 6.45) is 5.70. The van der Waals surface area contributed by atoms with Crippen LogP contribution >= 0.6 is 0 Å². The van der Waals surface area contributed by atoms with Gasteiger partial charge in [0.2, 0.25) is 0 Å². The van der Waals surface area contributed by atoms with Crippen LogP contribution in [0.4, 0.5) is 13.2 Å². The van der Waals surface area contributed by atoms with Crippen molar-refractivity contribution in [2.24, 2.45) is 23.7 Å². The molecule has 0 bridgehead atoms. The zero-order valence-electron chi connectivity index (χ0n) is 13.3. The van der Waals surface area contributed by atoms with E-state index in [-0.39, 0.29) is 0 Å². The van der Waals surface area contributed by atoms with Gasteiger partial charge >= 0.3 is 12.3 Å². The molecule has 2 aliphatic carbocycles. The molecular weight excluding hydrogens is 293 g/mol. The molecule has 0 radical (unpaired) electrons. The number of hydrogen-bond acceptors (Lipinski definition) is 2. The molecule has 2 aliphatic rings. The van der Waals surface area contributed by atoms with Crippen LogP contribution in [0.15, 0.2) is 0 Å². The number of esters is 1. The predicted molar refractivity (Wildman–Crippen MR) is 78.0 cm³/mol. The number of rotatable bonds is 4. The van der Waals surface area contributed by atoms with Crippen molar-refractivity contribution in [3.63, 3.8) is 0 Å². The minimum absolute atomic E-state index is 0.550. The lowest BCUT2D eigenvalue weighted by Crippen LogP contribution is -2.31. The summed E-state index contributed by atoms with van der Waals surface area (Å²) in [4.78, 5) is 11.5. The van der Waals surface area contributed by atoms with Crippen molar-refractivity contribution in [1.29, 1.82) is 0 Å². The summed E-state index contributed by atoms with van der Waals surface area (Å²) in [6.45, 7) is 2.23. The molecule has 0 N–H and O–H groups in total. The molecule has 0 amide bonds. The smallest absolute Gasteiger partial charge is 0.373 e. The Morgan fingerprint density at radius 1 is 0.955 bits per heavy atom. The van der Waals surface area contributed by atoms with Gasteiger partial charge in [-0.3, -0.25) is 4.79 Å². The summed E-state index contributed by atoms with van der Waals surface area (Å²) in [5, 5.41) is 0. The van der Waals surface area contributed by atoms with Gasteiger partial charge in [-0.15, -0.1) is 13.2 Å². The van der Waals surface area contributed by atoms with Crippen molar-refractivity contribution in [2.75, 3.05) is 0 Å². The second kappa shape index (κ2) is 7.69. The van der Waals surface area contributed by atoms with Gasteiger partial charge in [0.1, 0.15) is 0 Å². The molecular formula is C17H27F3O2. The molecule has 0 spiro atoms. The standard InChI is InChI=1S/C17H27F3O2/c1-2-3-12-4-6-13(7-5-12)14-8-10-15(11-9-14)16(21)22-17(18,19)20/h12-15H,2-11H2,1H3. The summed E-state index contributed by atoms with van der Waals surface area (Å²) in [5.41, 5.74) is 0. The molecule has 2 rings (SSSR count). The highest BCUT2D eigenvalue weighted by Crippen LogP contribution is 2.42. The Balaban J connectivity index is 1.72. The highest BCUT2D eigenvalue weighted by Gasteiger charge is 2.39. The van der Waals surface area contributed by atoms with Crippen molar-refractivity contribution < 1.29 is 22.7 Å². The fourth-order valence-corrected chi connectivity index (χ4v) is 4.38. The number of hydrogen-bond donors (Lipinski definition) is 0. The van der Waals surface area contributed by atoms with Gasteiger partial charge < -0.3 is 4.74 Å². The van der Waals surface area contributed by atoms with Crippen molar-refractivity contribution in [1.82, 2.24) is 0 Å². The third kappa shape index (κ3) is 5.17. The molecule has 0 aliphatic heterocycles.